The van der Waals surface area contributed by atoms with Gasteiger partial charge in [0.2, 0.25) is 0 Å². The molecule has 5 nitrogen and oxygen atoms in total. The molecule has 0 aliphatic carbocycles. The fraction of sp³-hybridized carbons (Fsp3) is 0.933. The highest BCUT2D eigenvalue weighted by Crippen LogP contribution is 2.10. The number of hydrogen-bond donors (Lipinski definition) is 0. The van der Waals surface area contributed by atoms with Crippen LogP contribution in [0.1, 0.15) is 78.1 Å². The van der Waals surface area contributed by atoms with E-state index in [9.17, 15) is 14.9 Å². The zero-order valence-electron chi connectivity index (χ0n) is 12.9. The third kappa shape index (κ3) is 10.8. The van der Waals surface area contributed by atoms with Crippen molar-refractivity contribution in [3.8, 4) is 0 Å². The number of rotatable bonds is 13. The summed E-state index contributed by atoms with van der Waals surface area (Å²) in [5.74, 6) is -0.731. The van der Waals surface area contributed by atoms with Gasteiger partial charge < -0.3 is 4.74 Å². The van der Waals surface area contributed by atoms with Gasteiger partial charge in [-0.2, -0.15) is 0 Å². The van der Waals surface area contributed by atoms with Gasteiger partial charge in [0.05, 0.1) is 6.61 Å². The molecule has 0 unspecified atom stereocenters. The minimum atomic E-state index is -1.25. The second-order valence-electron chi connectivity index (χ2n) is 5.31. The summed E-state index contributed by atoms with van der Waals surface area (Å²) in [5, 5.41) is 10.3. The summed E-state index contributed by atoms with van der Waals surface area (Å²) < 4.78 is 4.86. The molecule has 0 aromatic carbocycles. The minimum Gasteiger partial charge on any atom is -0.461 e. The molecular formula is C15H29NO4. The van der Waals surface area contributed by atoms with Crippen molar-refractivity contribution in [1.82, 2.24) is 0 Å². The summed E-state index contributed by atoms with van der Waals surface area (Å²) in [4.78, 5) is 20.9. The maximum Gasteiger partial charge on any atom is 0.381 e. The second kappa shape index (κ2) is 12.9. The number of nitro groups is 1. The number of carbonyl (C=O) groups is 1. The van der Waals surface area contributed by atoms with Crippen LogP contribution in [0.25, 0.3) is 0 Å². The van der Waals surface area contributed by atoms with E-state index in [1.54, 1.807) is 0 Å². The van der Waals surface area contributed by atoms with E-state index in [4.69, 9.17) is 4.74 Å². The van der Waals surface area contributed by atoms with Crippen LogP contribution in [0, 0.1) is 10.1 Å². The SMILES string of the molecule is CCCCCCCCCCCCOC(=O)[C@@H](C)[N+](=O)[O-]. The molecule has 0 aliphatic rings. The number of esters is 1. The first-order valence-electron chi connectivity index (χ1n) is 7.89. The summed E-state index contributed by atoms with van der Waals surface area (Å²) in [6.07, 6.45) is 12.1. The highest BCUT2D eigenvalue weighted by Gasteiger charge is 2.24. The van der Waals surface area contributed by atoms with Crippen LogP contribution in [0.3, 0.4) is 0 Å². The second-order valence-corrected chi connectivity index (χ2v) is 5.31. The van der Waals surface area contributed by atoms with E-state index in [-0.39, 0.29) is 0 Å². The molecule has 0 fully saturated rings. The van der Waals surface area contributed by atoms with Crippen LogP contribution in [0.4, 0.5) is 0 Å². The van der Waals surface area contributed by atoms with E-state index in [0.29, 0.717) is 6.61 Å². The van der Waals surface area contributed by atoms with Gasteiger partial charge in [0.25, 0.3) is 0 Å². The fourth-order valence-electron chi connectivity index (χ4n) is 1.97. The van der Waals surface area contributed by atoms with Gasteiger partial charge in [0.15, 0.2) is 0 Å². The molecule has 0 aromatic rings. The van der Waals surface area contributed by atoms with Gasteiger partial charge in [-0.15, -0.1) is 0 Å². The Bertz CT molecular complexity index is 269. The topological polar surface area (TPSA) is 69.4 Å². The predicted molar refractivity (Wildman–Crippen MR) is 79.3 cm³/mol. The van der Waals surface area contributed by atoms with Crippen molar-refractivity contribution in [2.45, 2.75) is 84.1 Å². The highest BCUT2D eigenvalue weighted by atomic mass is 16.6. The molecule has 0 heterocycles. The summed E-state index contributed by atoms with van der Waals surface area (Å²) >= 11 is 0. The molecule has 0 saturated heterocycles. The average Bonchev–Trinajstić information content (AvgIpc) is 2.43. The summed E-state index contributed by atoms with van der Waals surface area (Å²) in [6.45, 7) is 3.77. The molecule has 0 bridgehead atoms. The van der Waals surface area contributed by atoms with Crippen molar-refractivity contribution in [3.05, 3.63) is 10.1 Å². The van der Waals surface area contributed by atoms with Crippen LogP contribution in [-0.2, 0) is 9.53 Å². The van der Waals surface area contributed by atoms with Gasteiger partial charge >= 0.3 is 12.0 Å². The Morgan fingerprint density at radius 1 is 1.00 bits per heavy atom. The van der Waals surface area contributed by atoms with E-state index in [0.717, 1.165) is 19.3 Å². The smallest absolute Gasteiger partial charge is 0.381 e. The van der Waals surface area contributed by atoms with Gasteiger partial charge in [-0.05, 0) is 6.42 Å². The van der Waals surface area contributed by atoms with Crippen LogP contribution in [0.15, 0.2) is 0 Å². The lowest BCUT2D eigenvalue weighted by Crippen LogP contribution is -2.28. The van der Waals surface area contributed by atoms with Gasteiger partial charge in [-0.3, -0.25) is 10.1 Å². The van der Waals surface area contributed by atoms with E-state index in [1.165, 1.54) is 51.9 Å². The largest absolute Gasteiger partial charge is 0.461 e. The lowest BCUT2D eigenvalue weighted by Gasteiger charge is -2.06. The summed E-state index contributed by atoms with van der Waals surface area (Å²) in [7, 11) is 0. The Hall–Kier alpha value is -1.13. The molecule has 0 spiro atoms. The summed E-state index contributed by atoms with van der Waals surface area (Å²) in [5.41, 5.74) is 0. The number of carbonyl (C=O) groups excluding carboxylic acids is 1. The van der Waals surface area contributed by atoms with Crippen LogP contribution in [0.2, 0.25) is 0 Å². The summed E-state index contributed by atoms with van der Waals surface area (Å²) in [6, 6.07) is -1.25. The van der Waals surface area contributed by atoms with Crippen molar-refractivity contribution >= 4 is 5.97 Å². The van der Waals surface area contributed by atoms with Crippen LogP contribution in [-0.4, -0.2) is 23.5 Å². The molecule has 0 saturated carbocycles. The lowest BCUT2D eigenvalue weighted by molar-refractivity contribution is -0.506. The number of unbranched alkanes of at least 4 members (excludes halogenated alkanes) is 9. The van der Waals surface area contributed by atoms with Gasteiger partial charge in [-0.25, -0.2) is 4.79 Å². The molecule has 1 atom stereocenters. The Kier molecular flexibility index (Phi) is 12.2. The molecule has 0 radical (unpaired) electrons. The molecule has 20 heavy (non-hydrogen) atoms. The van der Waals surface area contributed by atoms with Crippen molar-refractivity contribution < 1.29 is 14.5 Å². The van der Waals surface area contributed by atoms with E-state index in [2.05, 4.69) is 6.92 Å². The van der Waals surface area contributed by atoms with Crippen LogP contribution >= 0.6 is 0 Å². The molecule has 0 rings (SSSR count). The molecule has 5 heteroatoms. The zero-order chi connectivity index (χ0) is 15.2. The average molecular weight is 287 g/mol. The Labute approximate surface area is 122 Å². The minimum absolute atomic E-state index is 0.299. The Morgan fingerprint density at radius 2 is 1.45 bits per heavy atom. The van der Waals surface area contributed by atoms with E-state index < -0.39 is 16.9 Å². The fourth-order valence-corrected chi connectivity index (χ4v) is 1.97. The third-order valence-electron chi connectivity index (χ3n) is 3.40. The van der Waals surface area contributed by atoms with E-state index >= 15 is 0 Å². The van der Waals surface area contributed by atoms with Crippen molar-refractivity contribution in [1.29, 1.82) is 0 Å². The first-order valence-corrected chi connectivity index (χ1v) is 7.89. The maximum absolute atomic E-state index is 11.2. The van der Waals surface area contributed by atoms with Crippen molar-refractivity contribution in [2.75, 3.05) is 6.61 Å². The molecular weight excluding hydrogens is 258 g/mol. The Balaban J connectivity index is 3.24. The Morgan fingerprint density at radius 3 is 1.90 bits per heavy atom. The van der Waals surface area contributed by atoms with Gasteiger partial charge in [-0.1, -0.05) is 64.7 Å². The van der Waals surface area contributed by atoms with E-state index in [1.807, 2.05) is 0 Å². The first-order chi connectivity index (χ1) is 9.59. The number of ether oxygens (including phenoxy) is 1. The number of hydrogen-bond acceptors (Lipinski definition) is 4. The highest BCUT2D eigenvalue weighted by molar-refractivity contribution is 5.73. The molecule has 118 valence electrons. The quantitative estimate of drug-likeness (QED) is 0.221. The van der Waals surface area contributed by atoms with Gasteiger partial charge in [0, 0.05) is 11.8 Å². The van der Waals surface area contributed by atoms with Crippen LogP contribution in [0.5, 0.6) is 0 Å². The standard InChI is InChI=1S/C15H29NO4/c1-3-4-5-6-7-8-9-10-11-12-13-20-15(17)14(2)16(18)19/h14H,3-13H2,1-2H3/t14-/m1/s1. The monoisotopic (exact) mass is 287 g/mol. The normalized spacial score (nSPS) is 12.1. The lowest BCUT2D eigenvalue weighted by atomic mass is 10.1. The van der Waals surface area contributed by atoms with Crippen LogP contribution < -0.4 is 0 Å². The number of nitrogens with zero attached hydrogens (tertiary/aromatic N) is 1. The molecule has 0 amide bonds. The first kappa shape index (κ1) is 18.9. The van der Waals surface area contributed by atoms with Crippen molar-refractivity contribution in [2.24, 2.45) is 0 Å². The zero-order valence-corrected chi connectivity index (χ0v) is 12.9. The third-order valence-corrected chi connectivity index (χ3v) is 3.40. The molecule has 0 aliphatic heterocycles. The predicted octanol–water partition coefficient (Wildman–Crippen LogP) is 4.12. The maximum atomic E-state index is 11.2. The molecule has 0 aromatic heterocycles. The molecule has 0 N–H and O–H groups in total. The van der Waals surface area contributed by atoms with Gasteiger partial charge in [0.1, 0.15) is 0 Å². The van der Waals surface area contributed by atoms with Crippen molar-refractivity contribution in [3.63, 3.8) is 0 Å².